The van der Waals surface area contributed by atoms with Gasteiger partial charge in [-0.25, -0.2) is 9.97 Å². The monoisotopic (exact) mass is 293 g/mol. The van der Waals surface area contributed by atoms with E-state index in [-0.39, 0.29) is 11.9 Å². The maximum atomic E-state index is 12.4. The van der Waals surface area contributed by atoms with Gasteiger partial charge in [-0.3, -0.25) is 9.78 Å². The van der Waals surface area contributed by atoms with E-state index < -0.39 is 0 Å². The first-order chi connectivity index (χ1) is 10.8. The summed E-state index contributed by atoms with van der Waals surface area (Å²) in [4.78, 5) is 25.3. The molecule has 3 aromatic rings. The second-order valence-corrected chi connectivity index (χ2v) is 5.45. The summed E-state index contributed by atoms with van der Waals surface area (Å²) in [6, 6.07) is 7.63. The molecule has 110 valence electrons. The Kier molecular flexibility index (Phi) is 3.07. The fourth-order valence-electron chi connectivity index (χ4n) is 2.81. The number of aromatic nitrogens is 4. The van der Waals surface area contributed by atoms with Gasteiger partial charge in [-0.05, 0) is 18.6 Å². The first kappa shape index (κ1) is 12.9. The lowest BCUT2D eigenvalue weighted by Crippen LogP contribution is -2.41. The van der Waals surface area contributed by atoms with E-state index in [0.29, 0.717) is 5.69 Å². The number of hydrogen-bond acceptors (Lipinski definition) is 4. The van der Waals surface area contributed by atoms with E-state index in [0.717, 1.165) is 36.2 Å². The Morgan fingerprint density at radius 2 is 2.09 bits per heavy atom. The highest BCUT2D eigenvalue weighted by Crippen LogP contribution is 2.14. The van der Waals surface area contributed by atoms with Gasteiger partial charge >= 0.3 is 0 Å². The Bertz CT molecular complexity index is 841. The van der Waals surface area contributed by atoms with Crippen LogP contribution < -0.4 is 5.32 Å². The summed E-state index contributed by atoms with van der Waals surface area (Å²) in [5.41, 5.74) is 1.88. The van der Waals surface area contributed by atoms with E-state index in [1.807, 2.05) is 30.5 Å². The molecule has 0 saturated heterocycles. The number of rotatable bonds is 2. The third kappa shape index (κ3) is 2.32. The molecular weight excluding hydrogens is 278 g/mol. The zero-order chi connectivity index (χ0) is 14.9. The molecule has 0 aliphatic carbocycles. The van der Waals surface area contributed by atoms with Crippen LogP contribution in [0.2, 0.25) is 0 Å². The first-order valence-corrected chi connectivity index (χ1v) is 7.32. The van der Waals surface area contributed by atoms with Crippen molar-refractivity contribution in [1.82, 2.24) is 24.8 Å². The summed E-state index contributed by atoms with van der Waals surface area (Å²) in [6.07, 6.45) is 7.05. The number of benzene rings is 1. The average molecular weight is 293 g/mol. The first-order valence-electron chi connectivity index (χ1n) is 7.32. The Morgan fingerprint density at radius 3 is 3.00 bits per heavy atom. The number of nitrogens with zero attached hydrogens (tertiary/aromatic N) is 4. The molecule has 0 spiro atoms. The van der Waals surface area contributed by atoms with Crippen LogP contribution in [0.1, 0.15) is 22.7 Å². The normalized spacial score (nSPS) is 17.2. The number of carbonyl (C=O) groups is 1. The average Bonchev–Trinajstić information content (AvgIpc) is 3.02. The summed E-state index contributed by atoms with van der Waals surface area (Å²) in [5.74, 6) is 0.905. The lowest BCUT2D eigenvalue weighted by Gasteiger charge is -2.24. The quantitative estimate of drug-likeness (QED) is 0.778. The highest BCUT2D eigenvalue weighted by Gasteiger charge is 2.21. The molecule has 6 heteroatoms. The van der Waals surface area contributed by atoms with Crippen molar-refractivity contribution < 1.29 is 4.79 Å². The van der Waals surface area contributed by atoms with Crippen LogP contribution in [0.3, 0.4) is 0 Å². The van der Waals surface area contributed by atoms with Crippen LogP contribution >= 0.6 is 0 Å². The predicted octanol–water partition coefficient (Wildman–Crippen LogP) is 1.57. The van der Waals surface area contributed by atoms with Gasteiger partial charge in [0.25, 0.3) is 5.91 Å². The van der Waals surface area contributed by atoms with Crippen molar-refractivity contribution in [1.29, 1.82) is 0 Å². The van der Waals surface area contributed by atoms with Crippen LogP contribution in [0.15, 0.2) is 42.9 Å². The Balaban J connectivity index is 1.52. The molecule has 1 aromatic carbocycles. The smallest absolute Gasteiger partial charge is 0.271 e. The summed E-state index contributed by atoms with van der Waals surface area (Å²) >= 11 is 0. The maximum Gasteiger partial charge on any atom is 0.271 e. The van der Waals surface area contributed by atoms with Gasteiger partial charge in [0.2, 0.25) is 0 Å². The van der Waals surface area contributed by atoms with Gasteiger partial charge in [-0.15, -0.1) is 0 Å². The van der Waals surface area contributed by atoms with Crippen molar-refractivity contribution in [3.63, 3.8) is 0 Å². The largest absolute Gasteiger partial charge is 0.346 e. The van der Waals surface area contributed by atoms with E-state index in [1.54, 1.807) is 6.20 Å². The van der Waals surface area contributed by atoms with Crippen LogP contribution in [0, 0.1) is 0 Å². The van der Waals surface area contributed by atoms with Crippen molar-refractivity contribution in [3.05, 3.63) is 54.4 Å². The number of amides is 1. The van der Waals surface area contributed by atoms with Crippen molar-refractivity contribution in [2.75, 3.05) is 0 Å². The van der Waals surface area contributed by atoms with Crippen molar-refractivity contribution in [3.8, 4) is 0 Å². The number of aryl methyl sites for hydroxylation is 1. The predicted molar refractivity (Wildman–Crippen MR) is 81.3 cm³/mol. The third-order valence-corrected chi connectivity index (χ3v) is 3.95. The van der Waals surface area contributed by atoms with Gasteiger partial charge < -0.3 is 9.88 Å². The van der Waals surface area contributed by atoms with Crippen LogP contribution in [0.4, 0.5) is 0 Å². The van der Waals surface area contributed by atoms with E-state index in [9.17, 15) is 4.79 Å². The minimum absolute atomic E-state index is 0.0995. The van der Waals surface area contributed by atoms with Crippen LogP contribution in [-0.4, -0.2) is 31.5 Å². The second-order valence-electron chi connectivity index (χ2n) is 5.45. The molecule has 1 N–H and O–H groups in total. The Hall–Kier alpha value is -2.76. The SMILES string of the molecule is O=C(N[C@H]1CCc2nccn2C1)c1cnc2ccccc2n1. The number of imidazole rings is 1. The lowest BCUT2D eigenvalue weighted by atomic mass is 10.1. The molecule has 0 radical (unpaired) electrons. The number of fused-ring (bicyclic) bond motifs is 2. The molecule has 0 fully saturated rings. The molecule has 3 heterocycles. The fourth-order valence-corrected chi connectivity index (χ4v) is 2.81. The standard InChI is InChI=1S/C16H15N5O/c22-16(14-9-18-12-3-1-2-4-13(12)20-14)19-11-5-6-15-17-7-8-21(15)10-11/h1-4,7-9,11H,5-6,10H2,(H,19,22)/t11-/m0/s1. The van der Waals surface area contributed by atoms with Gasteiger partial charge in [0.05, 0.1) is 17.2 Å². The summed E-state index contributed by atoms with van der Waals surface area (Å²) in [6.45, 7) is 0.752. The lowest BCUT2D eigenvalue weighted by molar-refractivity contribution is 0.0922. The van der Waals surface area contributed by atoms with Gasteiger partial charge in [0.1, 0.15) is 11.5 Å². The molecular formula is C16H15N5O. The maximum absolute atomic E-state index is 12.4. The highest BCUT2D eigenvalue weighted by molar-refractivity contribution is 5.93. The molecule has 2 aromatic heterocycles. The molecule has 0 bridgehead atoms. The van der Waals surface area contributed by atoms with E-state index in [1.165, 1.54) is 6.20 Å². The highest BCUT2D eigenvalue weighted by atomic mass is 16.1. The van der Waals surface area contributed by atoms with Crippen molar-refractivity contribution in [2.45, 2.75) is 25.4 Å². The number of nitrogens with one attached hydrogen (secondary N) is 1. The number of para-hydroxylation sites is 2. The van der Waals surface area contributed by atoms with Crippen molar-refractivity contribution >= 4 is 16.9 Å². The van der Waals surface area contributed by atoms with E-state index in [2.05, 4.69) is 24.8 Å². The summed E-state index contributed by atoms with van der Waals surface area (Å²) in [5, 5.41) is 3.04. The second kappa shape index (κ2) is 5.22. The molecule has 0 unspecified atom stereocenters. The van der Waals surface area contributed by atoms with Gasteiger partial charge in [0.15, 0.2) is 0 Å². The fraction of sp³-hybridized carbons (Fsp3) is 0.250. The Labute approximate surface area is 127 Å². The van der Waals surface area contributed by atoms with Crippen molar-refractivity contribution in [2.24, 2.45) is 0 Å². The topological polar surface area (TPSA) is 72.7 Å². The van der Waals surface area contributed by atoms with Gasteiger partial charge in [0, 0.05) is 31.4 Å². The molecule has 1 aliphatic rings. The molecule has 1 aliphatic heterocycles. The zero-order valence-electron chi connectivity index (χ0n) is 11.9. The Morgan fingerprint density at radius 1 is 1.23 bits per heavy atom. The number of hydrogen-bond donors (Lipinski definition) is 1. The minimum atomic E-state index is -0.174. The van der Waals surface area contributed by atoms with Crippen LogP contribution in [-0.2, 0) is 13.0 Å². The third-order valence-electron chi connectivity index (χ3n) is 3.95. The molecule has 22 heavy (non-hydrogen) atoms. The molecule has 1 amide bonds. The van der Waals surface area contributed by atoms with Crippen LogP contribution in [0.25, 0.3) is 11.0 Å². The minimum Gasteiger partial charge on any atom is -0.346 e. The molecule has 4 rings (SSSR count). The van der Waals surface area contributed by atoms with Gasteiger partial charge in [-0.2, -0.15) is 0 Å². The summed E-state index contributed by atoms with van der Waals surface area (Å²) < 4.78 is 2.08. The molecule has 0 saturated carbocycles. The van der Waals surface area contributed by atoms with E-state index in [4.69, 9.17) is 0 Å². The molecule has 1 atom stereocenters. The van der Waals surface area contributed by atoms with Crippen LogP contribution in [0.5, 0.6) is 0 Å². The molecule has 6 nitrogen and oxygen atoms in total. The van der Waals surface area contributed by atoms with E-state index >= 15 is 0 Å². The summed E-state index contributed by atoms with van der Waals surface area (Å²) in [7, 11) is 0. The zero-order valence-corrected chi connectivity index (χ0v) is 11.9. The number of carbonyl (C=O) groups excluding carboxylic acids is 1. The van der Waals surface area contributed by atoms with Gasteiger partial charge in [-0.1, -0.05) is 12.1 Å².